The van der Waals surface area contributed by atoms with Crippen molar-refractivity contribution in [1.82, 2.24) is 0 Å². The lowest BCUT2D eigenvalue weighted by Crippen LogP contribution is -1.92. The van der Waals surface area contributed by atoms with E-state index in [0.29, 0.717) is 6.42 Å². The lowest BCUT2D eigenvalue weighted by atomic mass is 9.97. The molecule has 2 aromatic rings. The second-order valence-electron chi connectivity index (χ2n) is 4.23. The normalized spacial score (nSPS) is 13.8. The van der Waals surface area contributed by atoms with Gasteiger partial charge >= 0.3 is 0 Å². The lowest BCUT2D eigenvalue weighted by Gasteiger charge is -2.09. The van der Waals surface area contributed by atoms with Crippen LogP contribution in [-0.2, 0) is 6.42 Å². The first kappa shape index (κ1) is 10.5. The molecule has 2 heteroatoms. The van der Waals surface area contributed by atoms with Gasteiger partial charge in [0.1, 0.15) is 0 Å². The highest BCUT2D eigenvalue weighted by atomic mass is 35.5. The average Bonchev–Trinajstić information content (AvgIpc) is 2.72. The fraction of sp³-hybridized carbons (Fsp3) is 0.133. The number of carbonyl (C=O) groups is 1. The molecule has 0 heterocycles. The Morgan fingerprint density at radius 2 is 1.53 bits per heavy atom. The molecule has 0 N–H and O–H groups in total. The van der Waals surface area contributed by atoms with Crippen molar-refractivity contribution in [1.29, 1.82) is 0 Å². The van der Waals surface area contributed by atoms with Crippen LogP contribution in [0.5, 0.6) is 0 Å². The Labute approximate surface area is 105 Å². The zero-order chi connectivity index (χ0) is 11.8. The minimum Gasteiger partial charge on any atom is -0.294 e. The third-order valence-electron chi connectivity index (χ3n) is 3.24. The van der Waals surface area contributed by atoms with Crippen LogP contribution in [0.4, 0.5) is 0 Å². The zero-order valence-corrected chi connectivity index (χ0v) is 10.00. The van der Waals surface area contributed by atoms with Crippen molar-refractivity contribution in [2.24, 2.45) is 0 Å². The predicted octanol–water partition coefficient (Wildman–Crippen LogP) is 4.14. The lowest BCUT2D eigenvalue weighted by molar-refractivity contribution is 0.0994. The first-order valence-corrected chi connectivity index (χ1v) is 6.05. The molecule has 1 aliphatic rings. The Bertz CT molecular complexity index is 602. The zero-order valence-electron chi connectivity index (χ0n) is 9.24. The third-order valence-corrected chi connectivity index (χ3v) is 3.57. The topological polar surface area (TPSA) is 17.1 Å². The smallest absolute Gasteiger partial charge is 0.163 e. The molecule has 0 aliphatic heterocycles. The van der Waals surface area contributed by atoms with E-state index in [1.165, 1.54) is 0 Å². The Kier molecular flexibility index (Phi) is 2.49. The Hall–Kier alpha value is -1.60. The van der Waals surface area contributed by atoms with Gasteiger partial charge in [0.25, 0.3) is 0 Å². The molecule has 0 aromatic heterocycles. The van der Waals surface area contributed by atoms with Crippen molar-refractivity contribution in [2.45, 2.75) is 12.8 Å². The quantitative estimate of drug-likeness (QED) is 0.735. The van der Waals surface area contributed by atoms with E-state index in [1.807, 2.05) is 42.5 Å². The molecular formula is C15H11ClO. The summed E-state index contributed by atoms with van der Waals surface area (Å²) >= 11 is 6.21. The standard InChI is InChI=1S/C15H11ClO/c16-14-7-2-1-4-12(14)10-5-3-6-13-11(10)8-9-15(13)17/h1-7H,8-9H2. The molecule has 0 saturated heterocycles. The highest BCUT2D eigenvalue weighted by Gasteiger charge is 2.22. The van der Waals surface area contributed by atoms with E-state index in [4.69, 9.17) is 11.6 Å². The molecule has 0 radical (unpaired) electrons. The van der Waals surface area contributed by atoms with Crippen molar-refractivity contribution in [3.05, 3.63) is 58.6 Å². The Morgan fingerprint density at radius 3 is 2.35 bits per heavy atom. The summed E-state index contributed by atoms with van der Waals surface area (Å²) in [5, 5.41) is 0.736. The van der Waals surface area contributed by atoms with Gasteiger partial charge in [-0.3, -0.25) is 4.79 Å². The van der Waals surface area contributed by atoms with Crippen LogP contribution < -0.4 is 0 Å². The van der Waals surface area contributed by atoms with Crippen LogP contribution in [0.1, 0.15) is 22.3 Å². The summed E-state index contributed by atoms with van der Waals surface area (Å²) in [7, 11) is 0. The molecule has 1 aliphatic carbocycles. The Balaban J connectivity index is 2.24. The molecule has 0 atom stereocenters. The minimum atomic E-state index is 0.244. The van der Waals surface area contributed by atoms with Crippen LogP contribution >= 0.6 is 11.6 Å². The monoisotopic (exact) mass is 242 g/mol. The van der Waals surface area contributed by atoms with E-state index >= 15 is 0 Å². The number of Topliss-reactive ketones (excluding diaryl/α,β-unsaturated/α-hetero) is 1. The van der Waals surface area contributed by atoms with Crippen molar-refractivity contribution >= 4 is 17.4 Å². The van der Waals surface area contributed by atoms with Crippen LogP contribution in [0.25, 0.3) is 11.1 Å². The van der Waals surface area contributed by atoms with Gasteiger partial charge in [-0.15, -0.1) is 0 Å². The van der Waals surface area contributed by atoms with Crippen LogP contribution in [-0.4, -0.2) is 5.78 Å². The highest BCUT2D eigenvalue weighted by molar-refractivity contribution is 6.33. The van der Waals surface area contributed by atoms with Gasteiger partial charge in [0.2, 0.25) is 0 Å². The molecule has 3 rings (SSSR count). The van der Waals surface area contributed by atoms with Gasteiger partial charge in [-0.05, 0) is 23.6 Å². The molecule has 17 heavy (non-hydrogen) atoms. The fourth-order valence-electron chi connectivity index (χ4n) is 2.42. The van der Waals surface area contributed by atoms with E-state index in [-0.39, 0.29) is 5.78 Å². The third kappa shape index (κ3) is 1.67. The fourth-order valence-corrected chi connectivity index (χ4v) is 2.66. The molecule has 0 unspecified atom stereocenters. The number of rotatable bonds is 1. The number of halogens is 1. The van der Waals surface area contributed by atoms with Gasteiger partial charge in [-0.25, -0.2) is 0 Å². The molecule has 0 amide bonds. The minimum absolute atomic E-state index is 0.244. The molecule has 84 valence electrons. The molecule has 0 spiro atoms. The first-order chi connectivity index (χ1) is 8.27. The maximum absolute atomic E-state index is 11.7. The van der Waals surface area contributed by atoms with E-state index in [0.717, 1.165) is 33.7 Å². The summed E-state index contributed by atoms with van der Waals surface area (Å²) in [5.74, 6) is 0.244. The van der Waals surface area contributed by atoms with E-state index < -0.39 is 0 Å². The summed E-state index contributed by atoms with van der Waals surface area (Å²) in [5.41, 5.74) is 4.12. The molecule has 1 nitrogen and oxygen atoms in total. The SMILES string of the molecule is O=C1CCc2c1cccc2-c1ccccc1Cl. The number of ketones is 1. The van der Waals surface area contributed by atoms with Crippen molar-refractivity contribution in [3.8, 4) is 11.1 Å². The average molecular weight is 243 g/mol. The first-order valence-electron chi connectivity index (χ1n) is 5.67. The molecule has 0 fully saturated rings. The maximum Gasteiger partial charge on any atom is 0.163 e. The van der Waals surface area contributed by atoms with Gasteiger partial charge in [0.05, 0.1) is 0 Å². The number of hydrogen-bond acceptors (Lipinski definition) is 1. The summed E-state index contributed by atoms with van der Waals surface area (Å²) in [6, 6.07) is 13.6. The Morgan fingerprint density at radius 1 is 0.824 bits per heavy atom. The summed E-state index contributed by atoms with van der Waals surface area (Å²) in [4.78, 5) is 11.7. The van der Waals surface area contributed by atoms with Gasteiger partial charge in [0, 0.05) is 22.6 Å². The highest BCUT2D eigenvalue weighted by Crippen LogP contribution is 2.35. The number of benzene rings is 2. The van der Waals surface area contributed by atoms with Gasteiger partial charge in [-0.2, -0.15) is 0 Å². The van der Waals surface area contributed by atoms with Crippen LogP contribution in [0.2, 0.25) is 5.02 Å². The maximum atomic E-state index is 11.7. The van der Waals surface area contributed by atoms with E-state index in [1.54, 1.807) is 0 Å². The summed E-state index contributed by atoms with van der Waals surface area (Å²) in [6.45, 7) is 0. The molecule has 0 bridgehead atoms. The molecule has 0 saturated carbocycles. The van der Waals surface area contributed by atoms with Crippen LogP contribution in [0.15, 0.2) is 42.5 Å². The summed E-state index contributed by atoms with van der Waals surface area (Å²) < 4.78 is 0. The van der Waals surface area contributed by atoms with E-state index in [2.05, 4.69) is 0 Å². The summed E-state index contributed by atoms with van der Waals surface area (Å²) in [6.07, 6.45) is 1.45. The van der Waals surface area contributed by atoms with Crippen molar-refractivity contribution in [3.63, 3.8) is 0 Å². The van der Waals surface area contributed by atoms with E-state index in [9.17, 15) is 4.79 Å². The number of fused-ring (bicyclic) bond motifs is 1. The van der Waals surface area contributed by atoms with Gasteiger partial charge in [-0.1, -0.05) is 48.0 Å². The predicted molar refractivity (Wildman–Crippen MR) is 69.5 cm³/mol. The molecular weight excluding hydrogens is 232 g/mol. The molecule has 2 aromatic carbocycles. The largest absolute Gasteiger partial charge is 0.294 e. The van der Waals surface area contributed by atoms with Gasteiger partial charge < -0.3 is 0 Å². The van der Waals surface area contributed by atoms with Crippen LogP contribution in [0.3, 0.4) is 0 Å². The second kappa shape index (κ2) is 4.01. The van der Waals surface area contributed by atoms with Crippen molar-refractivity contribution in [2.75, 3.05) is 0 Å². The number of carbonyl (C=O) groups excluding carboxylic acids is 1. The number of hydrogen-bond donors (Lipinski definition) is 0. The second-order valence-corrected chi connectivity index (χ2v) is 4.64. The van der Waals surface area contributed by atoms with Crippen molar-refractivity contribution < 1.29 is 4.79 Å². The van der Waals surface area contributed by atoms with Crippen LogP contribution in [0, 0.1) is 0 Å². The van der Waals surface area contributed by atoms with Gasteiger partial charge in [0.15, 0.2) is 5.78 Å².